The topological polar surface area (TPSA) is 71.3 Å². The second-order valence-corrected chi connectivity index (χ2v) is 4.20. The summed E-state index contributed by atoms with van der Waals surface area (Å²) >= 11 is 0. The Labute approximate surface area is 115 Å². The standard InChI is InChI=1S/C15H14N2O3/c1-11-15(20)13(18)9-10-17(11)16-14(19)8-7-12-5-3-2-4-6-12/h2-10,20H,1H3,(H,16,19)/b8-7+. The number of hydrogen-bond donors (Lipinski definition) is 2. The molecule has 2 rings (SSSR count). The first-order chi connectivity index (χ1) is 9.58. The van der Waals surface area contributed by atoms with E-state index < -0.39 is 5.43 Å². The van der Waals surface area contributed by atoms with Crippen molar-refractivity contribution in [3.05, 3.63) is 70.2 Å². The fourth-order valence-electron chi connectivity index (χ4n) is 1.64. The second-order valence-electron chi connectivity index (χ2n) is 4.20. The molecule has 0 atom stereocenters. The van der Waals surface area contributed by atoms with Crippen molar-refractivity contribution in [2.75, 3.05) is 5.43 Å². The van der Waals surface area contributed by atoms with Crippen LogP contribution in [0.3, 0.4) is 0 Å². The van der Waals surface area contributed by atoms with Gasteiger partial charge in [-0.3, -0.25) is 19.7 Å². The quantitative estimate of drug-likeness (QED) is 0.833. The number of carbonyl (C=O) groups excluding carboxylic acids is 1. The van der Waals surface area contributed by atoms with Crippen LogP contribution >= 0.6 is 0 Å². The van der Waals surface area contributed by atoms with Crippen molar-refractivity contribution in [3.8, 4) is 5.75 Å². The molecule has 0 unspecified atom stereocenters. The van der Waals surface area contributed by atoms with E-state index in [-0.39, 0.29) is 17.4 Å². The first-order valence-electron chi connectivity index (χ1n) is 6.03. The number of pyridine rings is 1. The minimum Gasteiger partial charge on any atom is -0.503 e. The summed E-state index contributed by atoms with van der Waals surface area (Å²) in [5.74, 6) is -0.736. The van der Waals surface area contributed by atoms with Crippen molar-refractivity contribution in [1.29, 1.82) is 0 Å². The lowest BCUT2D eigenvalue weighted by Crippen LogP contribution is -2.24. The lowest BCUT2D eigenvalue weighted by atomic mass is 10.2. The zero-order valence-corrected chi connectivity index (χ0v) is 10.9. The van der Waals surface area contributed by atoms with Crippen LogP contribution in [0.2, 0.25) is 0 Å². The Morgan fingerprint density at radius 1 is 1.25 bits per heavy atom. The number of amides is 1. The fraction of sp³-hybridized carbons (Fsp3) is 0.0667. The number of hydrogen-bond acceptors (Lipinski definition) is 3. The van der Waals surface area contributed by atoms with Crippen molar-refractivity contribution < 1.29 is 9.90 Å². The van der Waals surface area contributed by atoms with Crippen molar-refractivity contribution >= 4 is 12.0 Å². The molecule has 5 nitrogen and oxygen atoms in total. The molecule has 0 aliphatic carbocycles. The van der Waals surface area contributed by atoms with Gasteiger partial charge in [-0.25, -0.2) is 0 Å². The highest BCUT2D eigenvalue weighted by molar-refractivity contribution is 5.97. The molecular weight excluding hydrogens is 256 g/mol. The summed E-state index contributed by atoms with van der Waals surface area (Å²) in [5.41, 5.74) is 3.24. The first kappa shape index (κ1) is 13.6. The molecule has 0 saturated heterocycles. The van der Waals surface area contributed by atoms with Crippen LogP contribution in [-0.2, 0) is 4.79 Å². The van der Waals surface area contributed by atoms with Crippen LogP contribution in [0, 0.1) is 6.92 Å². The highest BCUT2D eigenvalue weighted by atomic mass is 16.3. The molecule has 1 aromatic heterocycles. The molecule has 0 spiro atoms. The van der Waals surface area contributed by atoms with E-state index in [1.807, 2.05) is 30.3 Å². The molecule has 20 heavy (non-hydrogen) atoms. The normalized spacial score (nSPS) is 10.7. The molecule has 5 heteroatoms. The van der Waals surface area contributed by atoms with E-state index in [9.17, 15) is 14.7 Å². The summed E-state index contributed by atoms with van der Waals surface area (Å²) in [4.78, 5) is 23.0. The number of aromatic hydroxyl groups is 1. The smallest absolute Gasteiger partial charge is 0.262 e. The van der Waals surface area contributed by atoms with Gasteiger partial charge in [-0.2, -0.15) is 0 Å². The lowest BCUT2D eigenvalue weighted by molar-refractivity contribution is -0.112. The maximum atomic E-state index is 11.8. The van der Waals surface area contributed by atoms with Gasteiger partial charge in [0.1, 0.15) is 0 Å². The van der Waals surface area contributed by atoms with Crippen molar-refractivity contribution in [2.45, 2.75) is 6.92 Å². The molecule has 2 aromatic rings. The summed E-state index contributed by atoms with van der Waals surface area (Å²) < 4.78 is 1.30. The number of carbonyl (C=O) groups is 1. The van der Waals surface area contributed by atoms with E-state index >= 15 is 0 Å². The van der Waals surface area contributed by atoms with Crippen LogP contribution in [-0.4, -0.2) is 15.7 Å². The Balaban J connectivity index is 2.11. The van der Waals surface area contributed by atoms with Gasteiger partial charge >= 0.3 is 0 Å². The molecule has 102 valence electrons. The average Bonchev–Trinajstić information content (AvgIpc) is 2.47. The fourth-order valence-corrected chi connectivity index (χ4v) is 1.64. The molecule has 2 N–H and O–H groups in total. The third-order valence-electron chi connectivity index (χ3n) is 2.77. The van der Waals surface area contributed by atoms with Crippen LogP contribution in [0.5, 0.6) is 5.75 Å². The monoisotopic (exact) mass is 270 g/mol. The highest BCUT2D eigenvalue weighted by Gasteiger charge is 2.06. The molecule has 0 aliphatic rings. The van der Waals surface area contributed by atoms with Crippen molar-refractivity contribution in [2.24, 2.45) is 0 Å². The van der Waals surface area contributed by atoms with Gasteiger partial charge in [-0.15, -0.1) is 0 Å². The SMILES string of the molecule is Cc1c(O)c(=O)ccn1NC(=O)/C=C/c1ccccc1. The highest BCUT2D eigenvalue weighted by Crippen LogP contribution is 2.07. The van der Waals surface area contributed by atoms with Crippen LogP contribution < -0.4 is 10.9 Å². The summed E-state index contributed by atoms with van der Waals surface area (Å²) in [7, 11) is 0. The summed E-state index contributed by atoms with van der Waals surface area (Å²) in [5, 5.41) is 9.51. The second kappa shape index (κ2) is 5.88. The van der Waals surface area contributed by atoms with Gasteiger partial charge < -0.3 is 5.11 Å². The largest absolute Gasteiger partial charge is 0.503 e. The Kier molecular flexibility index (Phi) is 4.00. The third-order valence-corrected chi connectivity index (χ3v) is 2.77. The minimum absolute atomic E-state index is 0.277. The van der Waals surface area contributed by atoms with Gasteiger partial charge in [0.05, 0.1) is 5.69 Å². The number of aromatic nitrogens is 1. The maximum absolute atomic E-state index is 11.8. The van der Waals surface area contributed by atoms with Gasteiger partial charge in [0.15, 0.2) is 5.75 Å². The van der Waals surface area contributed by atoms with E-state index in [0.717, 1.165) is 5.56 Å². The molecular formula is C15H14N2O3. The van der Waals surface area contributed by atoms with E-state index in [0.29, 0.717) is 0 Å². The predicted octanol–water partition coefficient (Wildman–Crippen LogP) is 1.65. The van der Waals surface area contributed by atoms with E-state index in [1.165, 1.54) is 29.9 Å². The Bertz CT molecular complexity index is 703. The Morgan fingerprint density at radius 2 is 1.95 bits per heavy atom. The first-order valence-corrected chi connectivity index (χ1v) is 6.03. The summed E-state index contributed by atoms with van der Waals surface area (Å²) in [6, 6.07) is 10.6. The number of benzene rings is 1. The van der Waals surface area contributed by atoms with Crippen LogP contribution in [0.15, 0.2) is 53.5 Å². The van der Waals surface area contributed by atoms with E-state index in [1.54, 1.807) is 6.08 Å². The maximum Gasteiger partial charge on any atom is 0.262 e. The van der Waals surface area contributed by atoms with Crippen LogP contribution in [0.25, 0.3) is 6.08 Å². The van der Waals surface area contributed by atoms with Crippen molar-refractivity contribution in [3.63, 3.8) is 0 Å². The number of rotatable bonds is 3. The summed E-state index contributed by atoms with van der Waals surface area (Å²) in [6.07, 6.45) is 4.45. The van der Waals surface area contributed by atoms with Crippen LogP contribution in [0.4, 0.5) is 0 Å². The van der Waals surface area contributed by atoms with Gasteiger partial charge in [0.2, 0.25) is 5.43 Å². The molecule has 0 fully saturated rings. The van der Waals surface area contributed by atoms with Gasteiger partial charge in [0, 0.05) is 18.3 Å². The molecule has 1 amide bonds. The van der Waals surface area contributed by atoms with Gasteiger partial charge in [0.25, 0.3) is 5.91 Å². The van der Waals surface area contributed by atoms with E-state index in [4.69, 9.17) is 0 Å². The molecule has 0 bridgehead atoms. The zero-order chi connectivity index (χ0) is 14.5. The van der Waals surface area contributed by atoms with Crippen molar-refractivity contribution in [1.82, 2.24) is 4.68 Å². The van der Waals surface area contributed by atoms with E-state index in [2.05, 4.69) is 5.43 Å². The lowest BCUT2D eigenvalue weighted by Gasteiger charge is -2.11. The molecule has 1 aromatic carbocycles. The number of nitrogens with one attached hydrogen (secondary N) is 1. The average molecular weight is 270 g/mol. The third kappa shape index (κ3) is 3.14. The Hall–Kier alpha value is -2.82. The zero-order valence-electron chi connectivity index (χ0n) is 10.9. The summed E-state index contributed by atoms with van der Waals surface area (Å²) in [6.45, 7) is 1.54. The molecule has 0 aliphatic heterocycles. The predicted molar refractivity (Wildman–Crippen MR) is 76.9 cm³/mol. The van der Waals surface area contributed by atoms with Gasteiger partial charge in [-0.1, -0.05) is 30.3 Å². The van der Waals surface area contributed by atoms with Gasteiger partial charge in [-0.05, 0) is 18.6 Å². The van der Waals surface area contributed by atoms with Crippen LogP contribution in [0.1, 0.15) is 11.3 Å². The Morgan fingerprint density at radius 3 is 2.65 bits per heavy atom. The molecule has 1 heterocycles. The molecule has 0 radical (unpaired) electrons. The number of nitrogens with zero attached hydrogens (tertiary/aromatic N) is 1. The molecule has 0 saturated carbocycles. The minimum atomic E-state index is -0.479.